The molecule has 1 fully saturated rings. The number of hydrogen-bond donors (Lipinski definition) is 0. The molecule has 130 valence electrons. The van der Waals surface area contributed by atoms with Gasteiger partial charge < -0.3 is 9.47 Å². The first-order valence-electron chi connectivity index (χ1n) is 7.70. The largest absolute Gasteiger partial charge is 0.383 e. The third-order valence-electron chi connectivity index (χ3n) is 4.25. The van der Waals surface area contributed by atoms with Gasteiger partial charge in [-0.2, -0.15) is 4.31 Å². The van der Waals surface area contributed by atoms with E-state index in [2.05, 4.69) is 6.92 Å². The number of benzene rings is 1. The second-order valence-electron chi connectivity index (χ2n) is 6.21. The van der Waals surface area contributed by atoms with Crippen molar-refractivity contribution in [2.45, 2.75) is 24.7 Å². The van der Waals surface area contributed by atoms with E-state index in [4.69, 9.17) is 9.47 Å². The highest BCUT2D eigenvalue weighted by Gasteiger charge is 2.34. The van der Waals surface area contributed by atoms with Gasteiger partial charge in [0.1, 0.15) is 5.82 Å². The van der Waals surface area contributed by atoms with Crippen LogP contribution in [0.3, 0.4) is 0 Å². The molecule has 1 saturated heterocycles. The lowest BCUT2D eigenvalue weighted by Crippen LogP contribution is -2.43. The van der Waals surface area contributed by atoms with Crippen molar-refractivity contribution in [2.24, 2.45) is 5.41 Å². The Morgan fingerprint density at radius 2 is 1.87 bits per heavy atom. The summed E-state index contributed by atoms with van der Waals surface area (Å²) >= 11 is 0. The number of rotatable bonds is 7. The van der Waals surface area contributed by atoms with Gasteiger partial charge in [-0.1, -0.05) is 6.92 Å². The van der Waals surface area contributed by atoms with Gasteiger partial charge in [0.15, 0.2) is 0 Å². The van der Waals surface area contributed by atoms with E-state index in [0.717, 1.165) is 25.0 Å². The first-order chi connectivity index (χ1) is 10.9. The van der Waals surface area contributed by atoms with Crippen molar-refractivity contribution in [1.29, 1.82) is 0 Å². The fourth-order valence-electron chi connectivity index (χ4n) is 2.68. The van der Waals surface area contributed by atoms with Gasteiger partial charge in [0.05, 0.1) is 11.5 Å². The third kappa shape index (κ3) is 4.73. The molecule has 2 rings (SSSR count). The highest BCUT2D eigenvalue weighted by atomic mass is 32.2. The normalized spacial score (nSPS) is 18.3. The summed E-state index contributed by atoms with van der Waals surface area (Å²) in [5.74, 6) is -0.455. The second kappa shape index (κ2) is 7.70. The van der Waals surface area contributed by atoms with E-state index >= 15 is 0 Å². The zero-order valence-corrected chi connectivity index (χ0v) is 14.4. The van der Waals surface area contributed by atoms with E-state index < -0.39 is 15.8 Å². The molecule has 0 spiro atoms. The Bertz CT molecular complexity index is 597. The molecule has 5 nitrogen and oxygen atoms in total. The lowest BCUT2D eigenvalue weighted by atomic mass is 9.82. The minimum Gasteiger partial charge on any atom is -0.383 e. The molecule has 0 aromatic heterocycles. The first-order valence-corrected chi connectivity index (χ1v) is 9.14. The molecule has 0 aliphatic carbocycles. The van der Waals surface area contributed by atoms with E-state index in [1.54, 1.807) is 7.11 Å². The van der Waals surface area contributed by atoms with Crippen molar-refractivity contribution in [3.8, 4) is 0 Å². The summed E-state index contributed by atoms with van der Waals surface area (Å²) in [4.78, 5) is 0.102. The van der Waals surface area contributed by atoms with Crippen molar-refractivity contribution in [3.63, 3.8) is 0 Å². The molecule has 7 heteroatoms. The van der Waals surface area contributed by atoms with E-state index in [0.29, 0.717) is 26.4 Å². The number of ether oxygens (including phenoxy) is 2. The van der Waals surface area contributed by atoms with Crippen LogP contribution in [0.15, 0.2) is 29.2 Å². The molecular weight excluding hydrogens is 321 g/mol. The third-order valence-corrected chi connectivity index (χ3v) is 6.11. The van der Waals surface area contributed by atoms with E-state index in [-0.39, 0.29) is 16.9 Å². The minimum absolute atomic E-state index is 0.102. The van der Waals surface area contributed by atoms with Gasteiger partial charge in [-0.25, -0.2) is 12.8 Å². The van der Waals surface area contributed by atoms with Crippen LogP contribution in [0.5, 0.6) is 0 Å². The molecule has 0 atom stereocenters. The van der Waals surface area contributed by atoms with Crippen LogP contribution < -0.4 is 0 Å². The van der Waals surface area contributed by atoms with Crippen LogP contribution in [-0.2, 0) is 19.5 Å². The number of nitrogens with zero attached hydrogens (tertiary/aromatic N) is 1. The number of halogens is 1. The van der Waals surface area contributed by atoms with Gasteiger partial charge in [-0.05, 0) is 42.5 Å². The Balaban J connectivity index is 2.23. The molecule has 23 heavy (non-hydrogen) atoms. The van der Waals surface area contributed by atoms with Gasteiger partial charge >= 0.3 is 0 Å². The summed E-state index contributed by atoms with van der Waals surface area (Å²) in [7, 11) is -2.14. The molecule has 0 bridgehead atoms. The molecule has 0 N–H and O–H groups in total. The van der Waals surface area contributed by atoms with Crippen LogP contribution >= 0.6 is 0 Å². The van der Waals surface area contributed by atoms with Gasteiger partial charge in [0.2, 0.25) is 10.0 Å². The average Bonchev–Trinajstić information content (AvgIpc) is 2.52. The zero-order valence-electron chi connectivity index (χ0n) is 13.6. The SMILES string of the molecule is COCCN(CC1(C)CCOCC1)S(=O)(=O)c1ccc(F)cc1. The molecule has 1 aromatic carbocycles. The average molecular weight is 345 g/mol. The second-order valence-corrected chi connectivity index (χ2v) is 8.15. The number of methoxy groups -OCH3 is 1. The molecule has 1 heterocycles. The summed E-state index contributed by atoms with van der Waals surface area (Å²) in [6.07, 6.45) is 1.63. The van der Waals surface area contributed by atoms with Crippen molar-refractivity contribution in [3.05, 3.63) is 30.1 Å². The fraction of sp³-hybridized carbons (Fsp3) is 0.625. The Labute approximate surface area is 137 Å². The standard InChI is InChI=1S/C16H24FNO4S/c1-16(7-10-22-11-8-16)13-18(9-12-21-2)23(19,20)15-5-3-14(17)4-6-15/h3-6H,7-13H2,1-2H3. The molecular formula is C16H24FNO4S. The van der Waals surface area contributed by atoms with Crippen molar-refractivity contribution in [2.75, 3.05) is 40.0 Å². The maximum Gasteiger partial charge on any atom is 0.243 e. The molecule has 1 aliphatic rings. The Morgan fingerprint density at radius 1 is 1.26 bits per heavy atom. The van der Waals surface area contributed by atoms with Crippen LogP contribution in [0, 0.1) is 11.2 Å². The molecule has 1 aliphatic heterocycles. The van der Waals surface area contributed by atoms with E-state index in [1.807, 2.05) is 0 Å². The van der Waals surface area contributed by atoms with Gasteiger partial charge in [-0.15, -0.1) is 0 Å². The van der Waals surface area contributed by atoms with Crippen LogP contribution in [0.1, 0.15) is 19.8 Å². The Morgan fingerprint density at radius 3 is 2.43 bits per heavy atom. The Hall–Kier alpha value is -1.02. The van der Waals surface area contributed by atoms with Crippen LogP contribution in [0.4, 0.5) is 4.39 Å². The van der Waals surface area contributed by atoms with Crippen molar-refractivity contribution >= 4 is 10.0 Å². The molecule has 1 aromatic rings. The molecule has 0 amide bonds. The van der Waals surface area contributed by atoms with Gasteiger partial charge in [-0.3, -0.25) is 0 Å². The molecule has 0 radical (unpaired) electrons. The topological polar surface area (TPSA) is 55.8 Å². The van der Waals surface area contributed by atoms with E-state index in [1.165, 1.54) is 16.4 Å². The summed E-state index contributed by atoms with van der Waals surface area (Å²) in [6.45, 7) is 4.35. The van der Waals surface area contributed by atoms with Crippen LogP contribution in [-0.4, -0.2) is 52.7 Å². The number of hydrogen-bond acceptors (Lipinski definition) is 4. The highest BCUT2D eigenvalue weighted by Crippen LogP contribution is 2.32. The summed E-state index contributed by atoms with van der Waals surface area (Å²) in [5.41, 5.74) is -0.126. The molecule has 0 saturated carbocycles. The van der Waals surface area contributed by atoms with Gasteiger partial charge in [0.25, 0.3) is 0 Å². The van der Waals surface area contributed by atoms with Crippen molar-refractivity contribution in [1.82, 2.24) is 4.31 Å². The Kier molecular flexibility index (Phi) is 6.13. The lowest BCUT2D eigenvalue weighted by molar-refractivity contribution is 0.0137. The zero-order chi connectivity index (χ0) is 16.9. The van der Waals surface area contributed by atoms with E-state index in [9.17, 15) is 12.8 Å². The monoisotopic (exact) mass is 345 g/mol. The lowest BCUT2D eigenvalue weighted by Gasteiger charge is -2.37. The predicted octanol–water partition coefficient (Wildman–Crippen LogP) is 2.28. The maximum atomic E-state index is 13.1. The smallest absolute Gasteiger partial charge is 0.243 e. The first kappa shape index (κ1) is 18.3. The minimum atomic E-state index is -3.68. The molecule has 0 unspecified atom stereocenters. The van der Waals surface area contributed by atoms with Crippen molar-refractivity contribution < 1.29 is 22.3 Å². The maximum absolute atomic E-state index is 13.1. The summed E-state index contributed by atoms with van der Waals surface area (Å²) in [5, 5.41) is 0. The summed E-state index contributed by atoms with van der Waals surface area (Å²) < 4.78 is 50.7. The number of sulfonamides is 1. The fourth-order valence-corrected chi connectivity index (χ4v) is 4.26. The quantitative estimate of drug-likeness (QED) is 0.761. The predicted molar refractivity (Wildman–Crippen MR) is 85.2 cm³/mol. The highest BCUT2D eigenvalue weighted by molar-refractivity contribution is 7.89. The van der Waals surface area contributed by atoms with Crippen LogP contribution in [0.2, 0.25) is 0 Å². The van der Waals surface area contributed by atoms with Crippen LogP contribution in [0.25, 0.3) is 0 Å². The summed E-state index contributed by atoms with van der Waals surface area (Å²) in [6, 6.07) is 4.93. The van der Waals surface area contributed by atoms with Gasteiger partial charge in [0, 0.05) is 33.4 Å².